The molecule has 0 aliphatic carbocycles. The molecular weight excluding hydrogens is 384 g/mol. The largest absolute Gasteiger partial charge is 0.332 e. The standard InChI is InChI=1S/C26H32N4O/c1-4-5-18-26(27-28-26)19-17-24(31)30(21-12-20-29(2)3)25(22-13-8-6-9-14-22)23-15-10-7-11-16-23/h1,6-11,13-16,25H,5,12,17-21H2,2-3H3. The Morgan fingerprint density at radius 1 is 0.968 bits per heavy atom. The minimum absolute atomic E-state index is 0.119. The summed E-state index contributed by atoms with van der Waals surface area (Å²) in [6.45, 7) is 1.62. The number of terminal acetylenes is 1. The van der Waals surface area contributed by atoms with Crippen molar-refractivity contribution in [1.29, 1.82) is 0 Å². The van der Waals surface area contributed by atoms with E-state index in [9.17, 15) is 4.79 Å². The lowest BCUT2D eigenvalue weighted by Crippen LogP contribution is -2.38. The van der Waals surface area contributed by atoms with Gasteiger partial charge in [-0.25, -0.2) is 0 Å². The van der Waals surface area contributed by atoms with Gasteiger partial charge in [-0.15, -0.1) is 12.3 Å². The molecule has 31 heavy (non-hydrogen) atoms. The van der Waals surface area contributed by atoms with Gasteiger partial charge in [-0.3, -0.25) is 4.79 Å². The van der Waals surface area contributed by atoms with Gasteiger partial charge >= 0.3 is 0 Å². The van der Waals surface area contributed by atoms with Crippen molar-refractivity contribution in [2.75, 3.05) is 27.2 Å². The third-order valence-corrected chi connectivity index (χ3v) is 5.66. The number of carbonyl (C=O) groups is 1. The number of nitrogens with zero attached hydrogens (tertiary/aromatic N) is 4. The van der Waals surface area contributed by atoms with Crippen molar-refractivity contribution in [3.63, 3.8) is 0 Å². The highest BCUT2D eigenvalue weighted by atomic mass is 16.2. The van der Waals surface area contributed by atoms with Crippen molar-refractivity contribution in [2.24, 2.45) is 10.2 Å². The van der Waals surface area contributed by atoms with Crippen LogP contribution in [0.25, 0.3) is 0 Å². The van der Waals surface area contributed by atoms with Gasteiger partial charge in [0.2, 0.25) is 5.91 Å². The van der Waals surface area contributed by atoms with Crippen LogP contribution >= 0.6 is 0 Å². The monoisotopic (exact) mass is 416 g/mol. The molecule has 0 aromatic heterocycles. The number of rotatable bonds is 12. The molecule has 2 aromatic carbocycles. The van der Waals surface area contributed by atoms with Crippen LogP contribution in [0.2, 0.25) is 0 Å². The Hall–Kier alpha value is -2.97. The van der Waals surface area contributed by atoms with Crippen LogP contribution in [0.4, 0.5) is 0 Å². The summed E-state index contributed by atoms with van der Waals surface area (Å²) >= 11 is 0. The molecule has 2 aromatic rings. The molecule has 0 unspecified atom stereocenters. The molecule has 1 amide bonds. The van der Waals surface area contributed by atoms with E-state index in [1.807, 2.05) is 41.3 Å². The molecule has 0 N–H and O–H groups in total. The summed E-state index contributed by atoms with van der Waals surface area (Å²) in [5, 5.41) is 8.40. The van der Waals surface area contributed by atoms with Crippen LogP contribution in [-0.2, 0) is 4.79 Å². The molecule has 0 saturated carbocycles. The molecule has 5 heteroatoms. The SMILES string of the molecule is C#CCCC1(CCC(=O)N(CCCN(C)C)C(c2ccccc2)c2ccccc2)N=N1. The van der Waals surface area contributed by atoms with Gasteiger partial charge in [0.05, 0.1) is 6.04 Å². The van der Waals surface area contributed by atoms with Crippen molar-refractivity contribution < 1.29 is 4.79 Å². The Balaban J connectivity index is 1.82. The van der Waals surface area contributed by atoms with Crippen molar-refractivity contribution in [1.82, 2.24) is 9.80 Å². The summed E-state index contributed by atoms with van der Waals surface area (Å²) < 4.78 is 0. The third kappa shape index (κ3) is 6.50. The zero-order valence-electron chi connectivity index (χ0n) is 18.6. The molecule has 3 rings (SSSR count). The molecule has 0 fully saturated rings. The highest BCUT2D eigenvalue weighted by Gasteiger charge is 2.40. The number of hydrogen-bond acceptors (Lipinski definition) is 4. The Morgan fingerprint density at radius 3 is 2.03 bits per heavy atom. The predicted molar refractivity (Wildman–Crippen MR) is 124 cm³/mol. The maximum atomic E-state index is 13.5. The van der Waals surface area contributed by atoms with Crippen molar-refractivity contribution in [3.05, 3.63) is 71.8 Å². The van der Waals surface area contributed by atoms with Crippen molar-refractivity contribution in [2.45, 2.75) is 43.8 Å². The summed E-state index contributed by atoms with van der Waals surface area (Å²) in [6.07, 6.45) is 8.69. The first-order chi connectivity index (χ1) is 15.0. The minimum Gasteiger partial charge on any atom is -0.332 e. The minimum atomic E-state index is -0.438. The van der Waals surface area contributed by atoms with Gasteiger partial charge < -0.3 is 9.80 Å². The Bertz CT molecular complexity index is 857. The van der Waals surface area contributed by atoms with Crippen molar-refractivity contribution in [3.8, 4) is 12.3 Å². The molecule has 0 radical (unpaired) electrons. The fourth-order valence-corrected chi connectivity index (χ4v) is 3.90. The Kier molecular flexibility index (Phi) is 7.97. The molecule has 1 aliphatic heterocycles. The highest BCUT2D eigenvalue weighted by molar-refractivity contribution is 5.77. The fourth-order valence-electron chi connectivity index (χ4n) is 3.90. The van der Waals surface area contributed by atoms with Crippen LogP contribution in [0.1, 0.15) is 49.3 Å². The lowest BCUT2D eigenvalue weighted by atomic mass is 9.95. The number of amides is 1. The van der Waals surface area contributed by atoms with Gasteiger partial charge in [-0.1, -0.05) is 60.7 Å². The van der Waals surface area contributed by atoms with Gasteiger partial charge in [-0.2, -0.15) is 10.2 Å². The van der Waals surface area contributed by atoms with Gasteiger partial charge in [0, 0.05) is 32.2 Å². The second kappa shape index (κ2) is 10.9. The van der Waals surface area contributed by atoms with Gasteiger partial charge in [0.15, 0.2) is 5.66 Å². The predicted octanol–water partition coefficient (Wildman–Crippen LogP) is 4.91. The topological polar surface area (TPSA) is 48.3 Å². The maximum absolute atomic E-state index is 13.5. The first kappa shape index (κ1) is 22.7. The molecule has 0 spiro atoms. The number of benzene rings is 2. The quantitative estimate of drug-likeness (QED) is 0.462. The summed E-state index contributed by atoms with van der Waals surface area (Å²) in [5.41, 5.74) is 1.80. The summed E-state index contributed by atoms with van der Waals surface area (Å²) in [7, 11) is 4.12. The molecule has 0 saturated heterocycles. The smallest absolute Gasteiger partial charge is 0.223 e. The molecule has 0 bridgehead atoms. The van der Waals surface area contributed by atoms with E-state index in [0.29, 0.717) is 25.8 Å². The molecular formula is C26H32N4O. The van der Waals surface area contributed by atoms with E-state index in [2.05, 4.69) is 59.4 Å². The molecule has 1 heterocycles. The average Bonchev–Trinajstić information content (AvgIpc) is 3.57. The first-order valence-electron chi connectivity index (χ1n) is 11.0. The van der Waals surface area contributed by atoms with Crippen molar-refractivity contribution >= 4 is 5.91 Å². The lowest BCUT2D eigenvalue weighted by molar-refractivity contribution is -0.133. The zero-order chi connectivity index (χ0) is 22.1. The third-order valence-electron chi connectivity index (χ3n) is 5.66. The summed E-state index contributed by atoms with van der Waals surface area (Å²) in [6, 6.07) is 20.4. The molecule has 162 valence electrons. The highest BCUT2D eigenvalue weighted by Crippen LogP contribution is 2.38. The maximum Gasteiger partial charge on any atom is 0.223 e. The van der Waals surface area contributed by atoms with E-state index in [1.165, 1.54) is 0 Å². The Morgan fingerprint density at radius 2 is 1.55 bits per heavy atom. The molecule has 0 atom stereocenters. The van der Waals surface area contributed by atoms with E-state index in [0.717, 1.165) is 30.5 Å². The molecule has 5 nitrogen and oxygen atoms in total. The first-order valence-corrected chi connectivity index (χ1v) is 11.0. The summed E-state index contributed by atoms with van der Waals surface area (Å²) in [5.74, 6) is 2.79. The van der Waals surface area contributed by atoms with Gasteiger partial charge in [0.1, 0.15) is 0 Å². The van der Waals surface area contributed by atoms with E-state index >= 15 is 0 Å². The molecule has 1 aliphatic rings. The van der Waals surface area contributed by atoms with E-state index in [4.69, 9.17) is 6.42 Å². The van der Waals surface area contributed by atoms with Crippen LogP contribution < -0.4 is 0 Å². The average molecular weight is 417 g/mol. The van der Waals surface area contributed by atoms with Crippen LogP contribution in [0.15, 0.2) is 70.9 Å². The second-order valence-corrected chi connectivity index (χ2v) is 8.35. The lowest BCUT2D eigenvalue weighted by Gasteiger charge is -2.33. The van der Waals surface area contributed by atoms with Gasteiger partial charge in [-0.05, 0) is 38.2 Å². The van der Waals surface area contributed by atoms with Crippen LogP contribution in [-0.4, -0.2) is 48.6 Å². The number of hydrogen-bond donors (Lipinski definition) is 0. The van der Waals surface area contributed by atoms with Gasteiger partial charge in [0.25, 0.3) is 0 Å². The van der Waals surface area contributed by atoms with E-state index < -0.39 is 5.66 Å². The number of carbonyl (C=O) groups excluding carboxylic acids is 1. The zero-order valence-corrected chi connectivity index (χ0v) is 18.6. The Labute approximate surface area is 186 Å². The fraction of sp³-hybridized carbons (Fsp3) is 0.423. The van der Waals surface area contributed by atoms with E-state index in [1.54, 1.807) is 0 Å². The van der Waals surface area contributed by atoms with Crippen LogP contribution in [0.3, 0.4) is 0 Å². The summed E-state index contributed by atoms with van der Waals surface area (Å²) in [4.78, 5) is 17.7. The van der Waals surface area contributed by atoms with Crippen LogP contribution in [0, 0.1) is 12.3 Å². The van der Waals surface area contributed by atoms with E-state index in [-0.39, 0.29) is 11.9 Å². The van der Waals surface area contributed by atoms with Crippen LogP contribution in [0.5, 0.6) is 0 Å². The normalized spacial score (nSPS) is 13.9. The second-order valence-electron chi connectivity index (χ2n) is 8.35.